The highest BCUT2D eigenvalue weighted by Gasteiger charge is 2.24. The van der Waals surface area contributed by atoms with Crippen LogP contribution in [0.15, 0.2) is 67.0 Å². The number of hydrogen-bond acceptors (Lipinski definition) is 4. The SMILES string of the molecule is COc1cccc(-n2ccnc2N2CCN(C(=O)c3ccccc3)CC2)c1. The van der Waals surface area contributed by atoms with E-state index in [0.29, 0.717) is 13.1 Å². The number of methoxy groups -OCH3 is 1. The number of carbonyl (C=O) groups is 1. The van der Waals surface area contributed by atoms with Crippen molar-refractivity contribution in [2.24, 2.45) is 0 Å². The molecule has 0 aliphatic carbocycles. The normalized spacial score (nSPS) is 14.3. The van der Waals surface area contributed by atoms with Gasteiger partial charge in [0, 0.05) is 50.2 Å². The van der Waals surface area contributed by atoms with E-state index in [2.05, 4.69) is 14.5 Å². The van der Waals surface area contributed by atoms with Crippen LogP contribution in [0, 0.1) is 0 Å². The van der Waals surface area contributed by atoms with Crippen LogP contribution in [-0.4, -0.2) is 53.6 Å². The van der Waals surface area contributed by atoms with Crippen LogP contribution in [0.2, 0.25) is 0 Å². The summed E-state index contributed by atoms with van der Waals surface area (Å²) in [5, 5.41) is 0. The van der Waals surface area contributed by atoms with Crippen molar-refractivity contribution in [1.82, 2.24) is 14.5 Å². The molecule has 1 aliphatic heterocycles. The Balaban J connectivity index is 1.48. The highest BCUT2D eigenvalue weighted by molar-refractivity contribution is 5.94. The molecule has 0 spiro atoms. The predicted molar refractivity (Wildman–Crippen MR) is 105 cm³/mol. The molecule has 3 aromatic rings. The van der Waals surface area contributed by atoms with Crippen molar-refractivity contribution in [2.45, 2.75) is 0 Å². The van der Waals surface area contributed by atoms with Gasteiger partial charge < -0.3 is 14.5 Å². The molecule has 0 atom stereocenters. The number of amides is 1. The third kappa shape index (κ3) is 3.51. The summed E-state index contributed by atoms with van der Waals surface area (Å²) >= 11 is 0. The topological polar surface area (TPSA) is 50.6 Å². The first kappa shape index (κ1) is 17.1. The van der Waals surface area contributed by atoms with E-state index >= 15 is 0 Å². The van der Waals surface area contributed by atoms with Gasteiger partial charge in [-0.3, -0.25) is 9.36 Å². The van der Waals surface area contributed by atoms with Gasteiger partial charge in [0.2, 0.25) is 5.95 Å². The Kier molecular flexibility index (Phi) is 4.78. The summed E-state index contributed by atoms with van der Waals surface area (Å²) in [6.45, 7) is 2.86. The number of ether oxygens (including phenoxy) is 1. The fourth-order valence-corrected chi connectivity index (χ4v) is 3.36. The number of benzene rings is 2. The molecule has 138 valence electrons. The average Bonchev–Trinajstić information content (AvgIpc) is 3.24. The van der Waals surface area contributed by atoms with Crippen LogP contribution >= 0.6 is 0 Å². The first-order valence-electron chi connectivity index (χ1n) is 9.03. The monoisotopic (exact) mass is 362 g/mol. The molecule has 1 aliphatic rings. The van der Waals surface area contributed by atoms with Gasteiger partial charge in [0.15, 0.2) is 0 Å². The molecular weight excluding hydrogens is 340 g/mol. The van der Waals surface area contributed by atoms with Crippen molar-refractivity contribution in [3.8, 4) is 11.4 Å². The molecule has 6 heteroatoms. The van der Waals surface area contributed by atoms with Crippen LogP contribution < -0.4 is 9.64 Å². The largest absolute Gasteiger partial charge is 0.497 e. The van der Waals surface area contributed by atoms with Gasteiger partial charge in [-0.1, -0.05) is 24.3 Å². The molecule has 6 nitrogen and oxygen atoms in total. The van der Waals surface area contributed by atoms with Crippen LogP contribution in [0.5, 0.6) is 5.75 Å². The molecule has 2 heterocycles. The smallest absolute Gasteiger partial charge is 0.253 e. The van der Waals surface area contributed by atoms with E-state index in [0.717, 1.165) is 36.0 Å². The summed E-state index contributed by atoms with van der Waals surface area (Å²) in [6, 6.07) is 17.4. The summed E-state index contributed by atoms with van der Waals surface area (Å²) in [4.78, 5) is 21.3. The first-order valence-corrected chi connectivity index (χ1v) is 9.03. The summed E-state index contributed by atoms with van der Waals surface area (Å²) in [7, 11) is 1.66. The maximum absolute atomic E-state index is 12.6. The number of rotatable bonds is 4. The minimum Gasteiger partial charge on any atom is -0.497 e. The lowest BCUT2D eigenvalue weighted by atomic mass is 10.2. The molecule has 1 fully saturated rings. The average molecular weight is 362 g/mol. The van der Waals surface area contributed by atoms with Crippen LogP contribution in [0.1, 0.15) is 10.4 Å². The Hall–Kier alpha value is -3.28. The van der Waals surface area contributed by atoms with Crippen molar-refractivity contribution in [3.63, 3.8) is 0 Å². The van der Waals surface area contributed by atoms with Crippen molar-refractivity contribution >= 4 is 11.9 Å². The number of piperazine rings is 1. The zero-order valence-corrected chi connectivity index (χ0v) is 15.3. The summed E-state index contributed by atoms with van der Waals surface area (Å²) in [5.74, 6) is 1.78. The van der Waals surface area contributed by atoms with Crippen LogP contribution in [0.25, 0.3) is 5.69 Å². The molecule has 0 unspecified atom stereocenters. The zero-order chi connectivity index (χ0) is 18.6. The van der Waals surface area contributed by atoms with Crippen molar-refractivity contribution in [1.29, 1.82) is 0 Å². The van der Waals surface area contributed by atoms with Gasteiger partial charge in [-0.05, 0) is 24.3 Å². The van der Waals surface area contributed by atoms with Gasteiger partial charge in [0.1, 0.15) is 5.75 Å². The first-order chi connectivity index (χ1) is 13.3. The van der Waals surface area contributed by atoms with Crippen molar-refractivity contribution < 1.29 is 9.53 Å². The van der Waals surface area contributed by atoms with Gasteiger partial charge in [-0.15, -0.1) is 0 Å². The molecule has 1 saturated heterocycles. The van der Waals surface area contributed by atoms with E-state index in [1.54, 1.807) is 13.3 Å². The van der Waals surface area contributed by atoms with Crippen LogP contribution in [-0.2, 0) is 0 Å². The summed E-state index contributed by atoms with van der Waals surface area (Å²) in [6.07, 6.45) is 3.75. The maximum Gasteiger partial charge on any atom is 0.253 e. The van der Waals surface area contributed by atoms with Gasteiger partial charge >= 0.3 is 0 Å². The van der Waals surface area contributed by atoms with E-state index in [9.17, 15) is 4.79 Å². The quantitative estimate of drug-likeness (QED) is 0.716. The number of imidazole rings is 1. The fraction of sp³-hybridized carbons (Fsp3) is 0.238. The Labute approximate surface area is 158 Å². The van der Waals surface area contributed by atoms with Crippen LogP contribution in [0.3, 0.4) is 0 Å². The Morgan fingerprint density at radius 2 is 1.78 bits per heavy atom. The Morgan fingerprint density at radius 1 is 1.00 bits per heavy atom. The molecule has 0 N–H and O–H groups in total. The molecule has 0 radical (unpaired) electrons. The molecule has 4 rings (SSSR count). The van der Waals surface area contributed by atoms with Gasteiger partial charge in [-0.2, -0.15) is 0 Å². The van der Waals surface area contributed by atoms with Crippen molar-refractivity contribution in [2.75, 3.05) is 38.2 Å². The predicted octanol–water partition coefficient (Wildman–Crippen LogP) is 2.84. The highest BCUT2D eigenvalue weighted by atomic mass is 16.5. The standard InChI is InChI=1S/C21H22N4O2/c1-27-19-9-5-8-18(16-19)25-11-10-22-21(25)24-14-12-23(13-15-24)20(26)17-6-3-2-4-7-17/h2-11,16H,12-15H2,1H3. The number of hydrogen-bond donors (Lipinski definition) is 0. The highest BCUT2D eigenvalue weighted by Crippen LogP contribution is 2.23. The Morgan fingerprint density at radius 3 is 2.52 bits per heavy atom. The second kappa shape index (κ2) is 7.53. The van der Waals surface area contributed by atoms with Gasteiger partial charge in [0.25, 0.3) is 5.91 Å². The number of nitrogens with zero attached hydrogens (tertiary/aromatic N) is 4. The van der Waals surface area contributed by atoms with Crippen LogP contribution in [0.4, 0.5) is 5.95 Å². The molecule has 1 aromatic heterocycles. The second-order valence-corrected chi connectivity index (χ2v) is 6.44. The molecule has 2 aromatic carbocycles. The van der Waals surface area contributed by atoms with Crippen molar-refractivity contribution in [3.05, 3.63) is 72.6 Å². The van der Waals surface area contributed by atoms with E-state index in [1.807, 2.05) is 65.7 Å². The van der Waals surface area contributed by atoms with Gasteiger partial charge in [0.05, 0.1) is 12.8 Å². The minimum absolute atomic E-state index is 0.0892. The van der Waals surface area contributed by atoms with E-state index in [4.69, 9.17) is 4.74 Å². The lowest BCUT2D eigenvalue weighted by Crippen LogP contribution is -2.49. The number of anilines is 1. The molecule has 1 amide bonds. The molecule has 0 bridgehead atoms. The summed E-state index contributed by atoms with van der Waals surface area (Å²) in [5.41, 5.74) is 1.74. The number of carbonyl (C=O) groups excluding carboxylic acids is 1. The lowest BCUT2D eigenvalue weighted by molar-refractivity contribution is 0.0746. The molecule has 0 saturated carbocycles. The molecular formula is C21H22N4O2. The number of aromatic nitrogens is 2. The molecule has 27 heavy (non-hydrogen) atoms. The lowest BCUT2D eigenvalue weighted by Gasteiger charge is -2.35. The van der Waals surface area contributed by atoms with E-state index in [1.165, 1.54) is 0 Å². The second-order valence-electron chi connectivity index (χ2n) is 6.44. The Bertz CT molecular complexity index is 915. The third-order valence-corrected chi connectivity index (χ3v) is 4.82. The summed E-state index contributed by atoms with van der Waals surface area (Å²) < 4.78 is 7.38. The van der Waals surface area contributed by atoms with Gasteiger partial charge in [-0.25, -0.2) is 4.98 Å². The third-order valence-electron chi connectivity index (χ3n) is 4.82. The maximum atomic E-state index is 12.6. The fourth-order valence-electron chi connectivity index (χ4n) is 3.36. The zero-order valence-electron chi connectivity index (χ0n) is 15.3. The minimum atomic E-state index is 0.0892. The van der Waals surface area contributed by atoms with E-state index < -0.39 is 0 Å². The van der Waals surface area contributed by atoms with E-state index in [-0.39, 0.29) is 5.91 Å².